The van der Waals surface area contributed by atoms with E-state index < -0.39 is 11.6 Å². The van der Waals surface area contributed by atoms with E-state index in [1.807, 2.05) is 48.7 Å². The number of benzene rings is 3. The fourth-order valence-corrected chi connectivity index (χ4v) is 3.03. The van der Waals surface area contributed by atoms with E-state index in [1.54, 1.807) is 24.4 Å². The van der Waals surface area contributed by atoms with Crippen molar-refractivity contribution in [1.82, 2.24) is 9.97 Å². The third-order valence-electron chi connectivity index (χ3n) is 4.42. The van der Waals surface area contributed by atoms with Crippen LogP contribution in [0.2, 0.25) is 0 Å². The Morgan fingerprint density at radius 3 is 2.29 bits per heavy atom. The maximum Gasteiger partial charge on any atom is 0.0408 e. The van der Waals surface area contributed by atoms with Crippen molar-refractivity contribution < 1.29 is 28.9 Å². The minimum atomic E-state index is -0.649. The summed E-state index contributed by atoms with van der Waals surface area (Å²) < 4.78 is 25.8. The predicted octanol–water partition coefficient (Wildman–Crippen LogP) is 6.53. The monoisotopic (exact) mass is 587 g/mol. The Morgan fingerprint density at radius 2 is 1.55 bits per heavy atom. The third-order valence-corrected chi connectivity index (χ3v) is 4.42. The molecule has 0 fully saturated rings. The zero-order valence-electron chi connectivity index (χ0n) is 16.2. The van der Waals surface area contributed by atoms with E-state index in [0.717, 1.165) is 23.4 Å². The molecule has 5 rings (SSSR count). The molecule has 2 heterocycles. The standard InChI is InChI=1S/C15H10N.C11H6F2N.Ir/c1-2-7-13(8-3-1)15-14-9-5-4-6-12(14)10-11-16-15;12-8-4-5-9(10(13)7-8)11-3-1-2-6-14-11;/h1-7,9-11H;1-4,6-7H;/q2*-1;. The Morgan fingerprint density at radius 1 is 0.742 bits per heavy atom. The Labute approximate surface area is 193 Å². The van der Waals surface area contributed by atoms with Gasteiger partial charge >= 0.3 is 0 Å². The zero-order chi connectivity index (χ0) is 20.8. The Balaban J connectivity index is 0.000000172. The summed E-state index contributed by atoms with van der Waals surface area (Å²) in [5.41, 5.74) is 2.68. The summed E-state index contributed by atoms with van der Waals surface area (Å²) in [4.78, 5) is 8.39. The van der Waals surface area contributed by atoms with E-state index in [-0.39, 0.29) is 25.7 Å². The van der Waals surface area contributed by atoms with Gasteiger partial charge in [-0.3, -0.25) is 8.78 Å². The van der Waals surface area contributed by atoms with Crippen LogP contribution in [0, 0.1) is 23.8 Å². The molecular formula is C26H16F2IrN2-2. The fourth-order valence-electron chi connectivity index (χ4n) is 3.03. The van der Waals surface area contributed by atoms with Crippen LogP contribution in [0.4, 0.5) is 8.78 Å². The van der Waals surface area contributed by atoms with E-state index in [4.69, 9.17) is 0 Å². The SMILES string of the molecule is Fc1c[c-]c(-c2ccccn2)c(F)c1.[Ir].[c-]1ccccc1-c1nccc2ccccc12. The summed E-state index contributed by atoms with van der Waals surface area (Å²) in [5, 5.41) is 2.39. The van der Waals surface area contributed by atoms with Gasteiger partial charge in [0.15, 0.2) is 0 Å². The van der Waals surface area contributed by atoms with E-state index in [1.165, 1.54) is 10.8 Å². The van der Waals surface area contributed by atoms with Gasteiger partial charge in [-0.1, -0.05) is 48.0 Å². The molecule has 3 aromatic carbocycles. The molecule has 0 saturated heterocycles. The van der Waals surface area contributed by atoms with Crippen LogP contribution >= 0.6 is 0 Å². The zero-order valence-corrected chi connectivity index (χ0v) is 18.6. The van der Waals surface area contributed by atoms with Crippen molar-refractivity contribution in [3.8, 4) is 22.5 Å². The van der Waals surface area contributed by atoms with Crippen LogP contribution in [-0.4, -0.2) is 9.97 Å². The number of aromatic nitrogens is 2. The molecule has 155 valence electrons. The Kier molecular flexibility index (Phi) is 7.71. The van der Waals surface area contributed by atoms with E-state index in [9.17, 15) is 8.78 Å². The molecule has 1 radical (unpaired) electrons. The van der Waals surface area contributed by atoms with Crippen molar-refractivity contribution in [2.24, 2.45) is 0 Å². The van der Waals surface area contributed by atoms with Crippen molar-refractivity contribution in [2.75, 3.05) is 0 Å². The maximum atomic E-state index is 13.2. The average molecular weight is 587 g/mol. The quantitative estimate of drug-likeness (QED) is 0.220. The molecule has 0 unspecified atom stereocenters. The first-order chi connectivity index (χ1) is 14.7. The van der Waals surface area contributed by atoms with Crippen LogP contribution < -0.4 is 0 Å². The van der Waals surface area contributed by atoms with Crippen molar-refractivity contribution in [1.29, 1.82) is 0 Å². The van der Waals surface area contributed by atoms with Crippen LogP contribution in [0.1, 0.15) is 0 Å². The molecule has 0 spiro atoms. The largest absolute Gasteiger partial charge is 0.305 e. The van der Waals surface area contributed by atoms with Gasteiger partial charge in [-0.2, -0.15) is 0 Å². The molecule has 31 heavy (non-hydrogen) atoms. The van der Waals surface area contributed by atoms with Crippen LogP contribution in [0.15, 0.2) is 97.3 Å². The van der Waals surface area contributed by atoms with Gasteiger partial charge in [0.05, 0.1) is 0 Å². The van der Waals surface area contributed by atoms with Gasteiger partial charge in [-0.05, 0) is 34.3 Å². The molecule has 0 aliphatic carbocycles. The van der Waals surface area contributed by atoms with Crippen LogP contribution in [0.5, 0.6) is 0 Å². The Hall–Kier alpha value is -3.27. The van der Waals surface area contributed by atoms with Crippen LogP contribution in [0.3, 0.4) is 0 Å². The number of nitrogens with zero attached hydrogens (tertiary/aromatic N) is 2. The number of fused-ring (bicyclic) bond motifs is 1. The van der Waals surface area contributed by atoms with Crippen molar-refractivity contribution >= 4 is 10.8 Å². The summed E-state index contributed by atoms with van der Waals surface area (Å²) >= 11 is 0. The smallest absolute Gasteiger partial charge is 0.0408 e. The molecule has 0 saturated carbocycles. The molecule has 0 aliphatic heterocycles. The van der Waals surface area contributed by atoms with E-state index >= 15 is 0 Å². The molecule has 2 aromatic heterocycles. The van der Waals surface area contributed by atoms with Crippen LogP contribution in [0.25, 0.3) is 33.3 Å². The second kappa shape index (κ2) is 10.7. The fraction of sp³-hybridized carbons (Fsp3) is 0. The number of hydrogen-bond acceptors (Lipinski definition) is 2. The molecule has 0 bridgehead atoms. The van der Waals surface area contributed by atoms with Crippen LogP contribution in [-0.2, 0) is 20.1 Å². The minimum Gasteiger partial charge on any atom is -0.305 e. The molecule has 5 aromatic rings. The normalized spacial score (nSPS) is 10.0. The predicted molar refractivity (Wildman–Crippen MR) is 114 cm³/mol. The molecule has 0 aliphatic rings. The van der Waals surface area contributed by atoms with E-state index in [2.05, 4.69) is 34.2 Å². The summed E-state index contributed by atoms with van der Waals surface area (Å²) in [6.07, 6.45) is 3.39. The van der Waals surface area contributed by atoms with E-state index in [0.29, 0.717) is 5.69 Å². The van der Waals surface area contributed by atoms with Gasteiger partial charge in [0.2, 0.25) is 0 Å². The van der Waals surface area contributed by atoms with Crippen molar-refractivity contribution in [3.05, 3.63) is 121 Å². The average Bonchev–Trinajstić information content (AvgIpc) is 2.80. The molecular weight excluding hydrogens is 571 g/mol. The number of rotatable bonds is 2. The van der Waals surface area contributed by atoms with Gasteiger partial charge in [0.25, 0.3) is 0 Å². The first-order valence-corrected chi connectivity index (χ1v) is 9.31. The maximum absolute atomic E-state index is 13.2. The Bertz CT molecular complexity index is 1260. The molecule has 0 atom stereocenters. The summed E-state index contributed by atoms with van der Waals surface area (Å²) in [5.74, 6) is -1.29. The van der Waals surface area contributed by atoms with Gasteiger partial charge in [-0.25, -0.2) is 0 Å². The first-order valence-electron chi connectivity index (χ1n) is 9.31. The summed E-state index contributed by atoms with van der Waals surface area (Å²) in [6.45, 7) is 0. The summed E-state index contributed by atoms with van der Waals surface area (Å²) in [7, 11) is 0. The van der Waals surface area contributed by atoms with Crippen molar-refractivity contribution in [2.45, 2.75) is 0 Å². The number of pyridine rings is 2. The number of hydrogen-bond donors (Lipinski definition) is 0. The van der Waals surface area contributed by atoms with Gasteiger partial charge < -0.3 is 9.97 Å². The third kappa shape index (κ3) is 5.46. The second-order valence-electron chi connectivity index (χ2n) is 6.41. The van der Waals surface area contributed by atoms with Gasteiger partial charge in [0.1, 0.15) is 0 Å². The molecule has 0 amide bonds. The topological polar surface area (TPSA) is 25.8 Å². The second-order valence-corrected chi connectivity index (χ2v) is 6.41. The summed E-state index contributed by atoms with van der Waals surface area (Å²) in [6, 6.07) is 31.0. The molecule has 5 heteroatoms. The minimum absolute atomic E-state index is 0. The van der Waals surface area contributed by atoms with Gasteiger partial charge in [-0.15, -0.1) is 48.0 Å². The number of halogens is 2. The molecule has 0 N–H and O–H groups in total. The van der Waals surface area contributed by atoms with Gasteiger partial charge in [0, 0.05) is 44.1 Å². The van der Waals surface area contributed by atoms with Crippen molar-refractivity contribution in [3.63, 3.8) is 0 Å². The molecule has 2 nitrogen and oxygen atoms in total. The first kappa shape index (κ1) is 22.4.